The van der Waals surface area contributed by atoms with E-state index in [1.54, 1.807) is 45.0 Å². The summed E-state index contributed by atoms with van der Waals surface area (Å²) in [6.07, 6.45) is 0. The zero-order chi connectivity index (χ0) is 15.6. The minimum absolute atomic E-state index is 0.0803. The second-order valence-corrected chi connectivity index (χ2v) is 5.21. The van der Waals surface area contributed by atoms with Gasteiger partial charge >= 0.3 is 0 Å². The highest BCUT2D eigenvalue weighted by Gasteiger charge is 2.13. The second-order valence-electron chi connectivity index (χ2n) is 5.21. The van der Waals surface area contributed by atoms with Crippen LogP contribution in [0.3, 0.4) is 0 Å². The number of phenolic OH excluding ortho intramolecular Hbond substituents is 1. The standard InChI is InChI=1S/C17H18FNO2/c1-10-4-6-13(8-15(10)18)12(3)19-17(21)14-7-5-11(2)16(20)9-14/h4-9,12,20H,1-3H3,(H,19,21). The van der Waals surface area contributed by atoms with E-state index in [0.29, 0.717) is 22.3 Å². The molecule has 0 radical (unpaired) electrons. The van der Waals surface area contributed by atoms with Crippen molar-refractivity contribution in [3.63, 3.8) is 0 Å². The van der Waals surface area contributed by atoms with Crippen molar-refractivity contribution >= 4 is 5.91 Å². The normalized spacial score (nSPS) is 12.0. The van der Waals surface area contributed by atoms with Gasteiger partial charge in [-0.3, -0.25) is 4.79 Å². The Morgan fingerprint density at radius 1 is 1.14 bits per heavy atom. The molecule has 0 bridgehead atoms. The van der Waals surface area contributed by atoms with Crippen LogP contribution in [0.2, 0.25) is 0 Å². The van der Waals surface area contributed by atoms with E-state index in [0.717, 1.165) is 0 Å². The molecule has 0 saturated carbocycles. The Morgan fingerprint density at radius 2 is 1.81 bits per heavy atom. The Labute approximate surface area is 123 Å². The number of amides is 1. The lowest BCUT2D eigenvalue weighted by atomic mass is 10.0. The average molecular weight is 287 g/mol. The van der Waals surface area contributed by atoms with Crippen LogP contribution in [0.1, 0.15) is 40.0 Å². The van der Waals surface area contributed by atoms with E-state index in [-0.39, 0.29) is 23.5 Å². The maximum absolute atomic E-state index is 13.6. The van der Waals surface area contributed by atoms with Crippen molar-refractivity contribution in [3.05, 3.63) is 64.5 Å². The molecule has 2 N–H and O–H groups in total. The maximum atomic E-state index is 13.6. The van der Waals surface area contributed by atoms with Crippen LogP contribution in [-0.4, -0.2) is 11.0 Å². The van der Waals surface area contributed by atoms with Gasteiger partial charge in [-0.05, 0) is 55.7 Å². The lowest BCUT2D eigenvalue weighted by Gasteiger charge is -2.15. The molecule has 1 amide bonds. The molecule has 1 atom stereocenters. The minimum Gasteiger partial charge on any atom is -0.508 e. The molecule has 0 spiro atoms. The quantitative estimate of drug-likeness (QED) is 0.905. The van der Waals surface area contributed by atoms with Crippen molar-refractivity contribution in [2.75, 3.05) is 0 Å². The maximum Gasteiger partial charge on any atom is 0.251 e. The summed E-state index contributed by atoms with van der Waals surface area (Å²) in [5.74, 6) is -0.517. The van der Waals surface area contributed by atoms with Crippen LogP contribution in [0.15, 0.2) is 36.4 Å². The molecule has 0 fully saturated rings. The SMILES string of the molecule is Cc1ccc(C(=O)NC(C)c2ccc(C)c(F)c2)cc1O. The van der Waals surface area contributed by atoms with Crippen molar-refractivity contribution in [1.29, 1.82) is 0 Å². The predicted octanol–water partition coefficient (Wildman–Crippen LogP) is 3.64. The summed E-state index contributed by atoms with van der Waals surface area (Å²) >= 11 is 0. The van der Waals surface area contributed by atoms with Crippen LogP contribution in [0, 0.1) is 19.7 Å². The largest absolute Gasteiger partial charge is 0.508 e. The van der Waals surface area contributed by atoms with Crippen LogP contribution in [0.25, 0.3) is 0 Å². The third-order valence-corrected chi connectivity index (χ3v) is 3.51. The molecule has 2 aromatic rings. The molecule has 0 aromatic heterocycles. The van der Waals surface area contributed by atoms with Crippen LogP contribution < -0.4 is 5.32 Å². The molecule has 0 aliphatic rings. The number of halogens is 1. The fourth-order valence-electron chi connectivity index (χ4n) is 1.99. The summed E-state index contributed by atoms with van der Waals surface area (Å²) < 4.78 is 13.6. The molecule has 4 heteroatoms. The van der Waals surface area contributed by atoms with Gasteiger partial charge in [0.15, 0.2) is 0 Å². The molecule has 21 heavy (non-hydrogen) atoms. The molecule has 3 nitrogen and oxygen atoms in total. The number of phenols is 1. The molecule has 1 unspecified atom stereocenters. The first-order valence-electron chi connectivity index (χ1n) is 6.75. The van der Waals surface area contributed by atoms with Crippen LogP contribution in [-0.2, 0) is 0 Å². The predicted molar refractivity (Wildman–Crippen MR) is 79.9 cm³/mol. The van der Waals surface area contributed by atoms with Crippen molar-refractivity contribution in [1.82, 2.24) is 5.32 Å². The van der Waals surface area contributed by atoms with Crippen LogP contribution >= 0.6 is 0 Å². The molecule has 0 aliphatic heterocycles. The van der Waals surface area contributed by atoms with E-state index in [1.807, 2.05) is 0 Å². The van der Waals surface area contributed by atoms with E-state index in [1.165, 1.54) is 12.1 Å². The first-order valence-corrected chi connectivity index (χ1v) is 6.75. The monoisotopic (exact) mass is 287 g/mol. The van der Waals surface area contributed by atoms with Crippen LogP contribution in [0.4, 0.5) is 4.39 Å². The summed E-state index contributed by atoms with van der Waals surface area (Å²) in [6.45, 7) is 5.24. The zero-order valence-electron chi connectivity index (χ0n) is 12.3. The second kappa shape index (κ2) is 5.95. The van der Waals surface area contributed by atoms with Gasteiger partial charge in [-0.25, -0.2) is 4.39 Å². The number of rotatable bonds is 3. The van der Waals surface area contributed by atoms with Crippen molar-refractivity contribution in [2.45, 2.75) is 26.8 Å². The van der Waals surface area contributed by atoms with E-state index >= 15 is 0 Å². The fraction of sp³-hybridized carbons (Fsp3) is 0.235. The zero-order valence-corrected chi connectivity index (χ0v) is 12.3. The Hall–Kier alpha value is -2.36. The highest BCUT2D eigenvalue weighted by Crippen LogP contribution is 2.20. The molecule has 0 saturated heterocycles. The molecule has 2 aromatic carbocycles. The number of aromatic hydroxyl groups is 1. The number of aryl methyl sites for hydroxylation is 2. The van der Waals surface area contributed by atoms with E-state index in [4.69, 9.17) is 0 Å². The molecule has 2 rings (SSSR count). The summed E-state index contributed by atoms with van der Waals surface area (Å²) in [6, 6.07) is 9.32. The van der Waals surface area contributed by atoms with Crippen molar-refractivity contribution in [3.8, 4) is 5.75 Å². The summed E-state index contributed by atoms with van der Waals surface area (Å²) in [5.41, 5.74) is 2.35. The summed E-state index contributed by atoms with van der Waals surface area (Å²) in [7, 11) is 0. The smallest absolute Gasteiger partial charge is 0.251 e. The number of nitrogens with one attached hydrogen (secondary N) is 1. The molecule has 110 valence electrons. The Balaban J connectivity index is 2.14. The topological polar surface area (TPSA) is 49.3 Å². The molecule has 0 heterocycles. The van der Waals surface area contributed by atoms with Gasteiger partial charge in [-0.2, -0.15) is 0 Å². The number of hydrogen-bond acceptors (Lipinski definition) is 2. The van der Waals surface area contributed by atoms with Gasteiger partial charge < -0.3 is 10.4 Å². The first kappa shape index (κ1) is 15.0. The van der Waals surface area contributed by atoms with E-state index in [9.17, 15) is 14.3 Å². The third-order valence-electron chi connectivity index (χ3n) is 3.51. The molecular weight excluding hydrogens is 269 g/mol. The minimum atomic E-state index is -0.323. The van der Waals surface area contributed by atoms with Crippen molar-refractivity contribution in [2.24, 2.45) is 0 Å². The summed E-state index contributed by atoms with van der Waals surface area (Å²) in [4.78, 5) is 12.1. The summed E-state index contributed by atoms with van der Waals surface area (Å²) in [5, 5.41) is 12.4. The lowest BCUT2D eigenvalue weighted by molar-refractivity contribution is 0.0939. The van der Waals surface area contributed by atoms with Gasteiger partial charge in [0.2, 0.25) is 0 Å². The van der Waals surface area contributed by atoms with Gasteiger partial charge in [-0.15, -0.1) is 0 Å². The van der Waals surface area contributed by atoms with Gasteiger partial charge in [0.05, 0.1) is 6.04 Å². The van der Waals surface area contributed by atoms with Gasteiger partial charge in [0.1, 0.15) is 11.6 Å². The van der Waals surface area contributed by atoms with Gasteiger partial charge in [-0.1, -0.05) is 18.2 Å². The highest BCUT2D eigenvalue weighted by molar-refractivity contribution is 5.94. The van der Waals surface area contributed by atoms with Gasteiger partial charge in [0.25, 0.3) is 5.91 Å². The number of benzene rings is 2. The number of carbonyl (C=O) groups excluding carboxylic acids is 1. The van der Waals surface area contributed by atoms with Gasteiger partial charge in [0, 0.05) is 5.56 Å². The third kappa shape index (κ3) is 3.40. The number of hydrogen-bond donors (Lipinski definition) is 2. The fourth-order valence-corrected chi connectivity index (χ4v) is 1.99. The van der Waals surface area contributed by atoms with Crippen molar-refractivity contribution < 1.29 is 14.3 Å². The van der Waals surface area contributed by atoms with E-state index in [2.05, 4.69) is 5.32 Å². The van der Waals surface area contributed by atoms with Crippen LogP contribution in [0.5, 0.6) is 5.75 Å². The first-order chi connectivity index (χ1) is 9.88. The lowest BCUT2D eigenvalue weighted by Crippen LogP contribution is -2.26. The Bertz CT molecular complexity index is 682. The molecule has 0 aliphatic carbocycles. The molecular formula is C17H18FNO2. The average Bonchev–Trinajstić information content (AvgIpc) is 2.44. The Kier molecular flexibility index (Phi) is 4.26. The Morgan fingerprint density at radius 3 is 2.43 bits per heavy atom. The van der Waals surface area contributed by atoms with E-state index < -0.39 is 0 Å². The highest BCUT2D eigenvalue weighted by atomic mass is 19.1. The number of carbonyl (C=O) groups is 1.